The van der Waals surface area contributed by atoms with Crippen molar-refractivity contribution in [1.82, 2.24) is 5.32 Å². The Morgan fingerprint density at radius 3 is 2.31 bits per heavy atom. The predicted octanol–water partition coefficient (Wildman–Crippen LogP) is 0.895. The third-order valence-electron chi connectivity index (χ3n) is 2.37. The lowest BCUT2D eigenvalue weighted by Gasteiger charge is -2.24. The fraction of sp³-hybridized carbons (Fsp3) is 0.750. The first-order valence-corrected chi connectivity index (χ1v) is 5.33. The van der Waals surface area contributed by atoms with Crippen molar-refractivity contribution >= 4 is 27.8 Å². The van der Waals surface area contributed by atoms with Gasteiger partial charge in [-0.25, -0.2) is 4.79 Å². The van der Waals surface area contributed by atoms with Crippen LogP contribution in [0.1, 0.15) is 25.7 Å². The first kappa shape index (κ1) is 10.5. The summed E-state index contributed by atoms with van der Waals surface area (Å²) in [5.74, 6) is -1.18. The van der Waals surface area contributed by atoms with Crippen LogP contribution in [-0.4, -0.2) is 27.9 Å². The van der Waals surface area contributed by atoms with E-state index in [1.807, 2.05) is 0 Å². The minimum Gasteiger partial charge on any atom is -0.480 e. The van der Waals surface area contributed by atoms with Gasteiger partial charge in [0.1, 0.15) is 5.54 Å². The summed E-state index contributed by atoms with van der Waals surface area (Å²) in [6.07, 6.45) is 2.83. The molecule has 1 aliphatic rings. The highest BCUT2D eigenvalue weighted by molar-refractivity contribution is 9.09. The van der Waals surface area contributed by atoms with Gasteiger partial charge in [-0.05, 0) is 12.8 Å². The number of alkyl halides is 1. The zero-order valence-electron chi connectivity index (χ0n) is 7.18. The van der Waals surface area contributed by atoms with Crippen LogP contribution in [0.4, 0.5) is 0 Å². The molecule has 74 valence electrons. The third kappa shape index (κ3) is 2.21. The molecule has 13 heavy (non-hydrogen) atoms. The van der Waals surface area contributed by atoms with Crippen LogP contribution in [-0.2, 0) is 9.59 Å². The Labute approximate surface area is 84.8 Å². The maximum absolute atomic E-state index is 11.1. The number of amides is 1. The van der Waals surface area contributed by atoms with Crippen molar-refractivity contribution < 1.29 is 14.7 Å². The molecule has 1 fully saturated rings. The van der Waals surface area contributed by atoms with E-state index >= 15 is 0 Å². The molecular weight excluding hydrogens is 238 g/mol. The number of carbonyl (C=O) groups is 2. The van der Waals surface area contributed by atoms with Crippen molar-refractivity contribution in [1.29, 1.82) is 0 Å². The second kappa shape index (κ2) is 4.09. The standard InChI is InChI=1S/C8H12BrNO3/c9-5-6(11)10-8(7(12)13)3-1-2-4-8/h1-5H2,(H,10,11)(H,12,13). The summed E-state index contributed by atoms with van der Waals surface area (Å²) in [4.78, 5) is 22.0. The van der Waals surface area contributed by atoms with Crippen LogP contribution in [0.3, 0.4) is 0 Å². The quantitative estimate of drug-likeness (QED) is 0.731. The molecule has 1 rings (SSSR count). The van der Waals surface area contributed by atoms with Crippen molar-refractivity contribution in [2.45, 2.75) is 31.2 Å². The molecule has 5 heteroatoms. The molecule has 1 saturated carbocycles. The maximum atomic E-state index is 11.1. The van der Waals surface area contributed by atoms with E-state index in [9.17, 15) is 9.59 Å². The molecule has 0 heterocycles. The Balaban J connectivity index is 2.68. The average Bonchev–Trinajstić information content (AvgIpc) is 2.54. The summed E-state index contributed by atoms with van der Waals surface area (Å²) in [5, 5.41) is 11.7. The molecule has 0 unspecified atom stereocenters. The van der Waals surface area contributed by atoms with E-state index in [4.69, 9.17) is 5.11 Å². The molecule has 2 N–H and O–H groups in total. The van der Waals surface area contributed by atoms with E-state index < -0.39 is 11.5 Å². The summed E-state index contributed by atoms with van der Waals surface area (Å²) < 4.78 is 0. The van der Waals surface area contributed by atoms with Gasteiger partial charge in [0.15, 0.2) is 0 Å². The van der Waals surface area contributed by atoms with Gasteiger partial charge < -0.3 is 10.4 Å². The van der Waals surface area contributed by atoms with Gasteiger partial charge in [0, 0.05) is 0 Å². The average molecular weight is 250 g/mol. The number of rotatable bonds is 3. The summed E-state index contributed by atoms with van der Waals surface area (Å²) in [6, 6.07) is 0. The number of carbonyl (C=O) groups excluding carboxylic acids is 1. The highest BCUT2D eigenvalue weighted by atomic mass is 79.9. The Kier molecular flexibility index (Phi) is 3.30. The second-order valence-electron chi connectivity index (χ2n) is 3.28. The minimum absolute atomic E-state index is 0.155. The number of hydrogen-bond acceptors (Lipinski definition) is 2. The van der Waals surface area contributed by atoms with Crippen LogP contribution < -0.4 is 5.32 Å². The lowest BCUT2D eigenvalue weighted by molar-refractivity contribution is -0.147. The van der Waals surface area contributed by atoms with E-state index in [0.29, 0.717) is 12.8 Å². The van der Waals surface area contributed by atoms with Crippen LogP contribution in [0, 0.1) is 0 Å². The molecule has 0 radical (unpaired) electrons. The van der Waals surface area contributed by atoms with Gasteiger partial charge in [0.25, 0.3) is 0 Å². The van der Waals surface area contributed by atoms with Gasteiger partial charge in [-0.15, -0.1) is 0 Å². The Morgan fingerprint density at radius 1 is 1.38 bits per heavy atom. The van der Waals surface area contributed by atoms with E-state index in [2.05, 4.69) is 21.2 Å². The second-order valence-corrected chi connectivity index (χ2v) is 3.84. The van der Waals surface area contributed by atoms with E-state index in [1.165, 1.54) is 0 Å². The monoisotopic (exact) mass is 249 g/mol. The molecule has 1 amide bonds. The highest BCUT2D eigenvalue weighted by Crippen LogP contribution is 2.29. The molecule has 4 nitrogen and oxygen atoms in total. The molecule has 0 aromatic rings. The summed E-state index contributed by atoms with van der Waals surface area (Å²) in [6.45, 7) is 0. The van der Waals surface area contributed by atoms with Gasteiger partial charge in [-0.3, -0.25) is 4.79 Å². The van der Waals surface area contributed by atoms with Gasteiger partial charge in [-0.1, -0.05) is 28.8 Å². The van der Waals surface area contributed by atoms with E-state index in [1.54, 1.807) is 0 Å². The molecule has 0 aromatic heterocycles. The van der Waals surface area contributed by atoms with Crippen LogP contribution in [0.5, 0.6) is 0 Å². The normalized spacial score (nSPS) is 19.8. The van der Waals surface area contributed by atoms with Crippen LogP contribution in [0.2, 0.25) is 0 Å². The molecule has 0 bridgehead atoms. The van der Waals surface area contributed by atoms with Crippen LogP contribution in [0.25, 0.3) is 0 Å². The van der Waals surface area contributed by atoms with Crippen LogP contribution >= 0.6 is 15.9 Å². The van der Waals surface area contributed by atoms with E-state index in [-0.39, 0.29) is 11.2 Å². The fourth-order valence-electron chi connectivity index (χ4n) is 1.67. The molecule has 1 aliphatic carbocycles. The SMILES string of the molecule is O=C(CBr)NC1(C(=O)O)CCCC1. The summed E-state index contributed by atoms with van der Waals surface area (Å²) in [5.41, 5.74) is -0.995. The molecular formula is C8H12BrNO3. The number of aliphatic carboxylic acids is 1. The number of halogens is 1. The first-order valence-electron chi connectivity index (χ1n) is 4.21. The predicted molar refractivity (Wildman–Crippen MR) is 50.8 cm³/mol. The minimum atomic E-state index is -0.995. The van der Waals surface area contributed by atoms with Crippen molar-refractivity contribution in [3.8, 4) is 0 Å². The lowest BCUT2D eigenvalue weighted by Crippen LogP contribution is -2.52. The van der Waals surface area contributed by atoms with Gasteiger partial charge in [-0.2, -0.15) is 0 Å². The number of carboxylic acid groups (broad SMARTS) is 1. The number of carboxylic acids is 1. The molecule has 0 atom stereocenters. The van der Waals surface area contributed by atoms with Gasteiger partial charge in [0.05, 0.1) is 5.33 Å². The maximum Gasteiger partial charge on any atom is 0.329 e. The van der Waals surface area contributed by atoms with Gasteiger partial charge >= 0.3 is 5.97 Å². The number of hydrogen-bond donors (Lipinski definition) is 2. The third-order valence-corrected chi connectivity index (χ3v) is 2.88. The summed E-state index contributed by atoms with van der Waals surface area (Å²) >= 11 is 2.99. The lowest BCUT2D eigenvalue weighted by atomic mass is 9.98. The highest BCUT2D eigenvalue weighted by Gasteiger charge is 2.42. The molecule has 0 aromatic carbocycles. The summed E-state index contributed by atoms with van der Waals surface area (Å²) in [7, 11) is 0. The number of nitrogens with one attached hydrogen (secondary N) is 1. The largest absolute Gasteiger partial charge is 0.480 e. The van der Waals surface area contributed by atoms with Crippen molar-refractivity contribution in [3.63, 3.8) is 0 Å². The first-order chi connectivity index (χ1) is 6.10. The van der Waals surface area contributed by atoms with Crippen molar-refractivity contribution in [2.75, 3.05) is 5.33 Å². The zero-order valence-corrected chi connectivity index (χ0v) is 8.76. The van der Waals surface area contributed by atoms with Gasteiger partial charge in [0.2, 0.25) is 5.91 Å². The van der Waals surface area contributed by atoms with Crippen molar-refractivity contribution in [3.05, 3.63) is 0 Å². The molecule has 0 saturated heterocycles. The fourth-order valence-corrected chi connectivity index (χ4v) is 1.81. The Hall–Kier alpha value is -0.580. The smallest absolute Gasteiger partial charge is 0.329 e. The zero-order chi connectivity index (χ0) is 9.90. The van der Waals surface area contributed by atoms with Crippen LogP contribution in [0.15, 0.2) is 0 Å². The Morgan fingerprint density at radius 2 is 1.92 bits per heavy atom. The van der Waals surface area contributed by atoms with Crippen molar-refractivity contribution in [2.24, 2.45) is 0 Å². The van der Waals surface area contributed by atoms with E-state index in [0.717, 1.165) is 12.8 Å². The Bertz CT molecular complexity index is 223. The molecule has 0 aliphatic heterocycles. The molecule has 0 spiro atoms. The topological polar surface area (TPSA) is 66.4 Å².